The molecule has 0 radical (unpaired) electrons. The molecule has 0 saturated heterocycles. The molecule has 11 nitrogen and oxygen atoms in total. The normalized spacial score (nSPS) is 11.1. The van der Waals surface area contributed by atoms with Crippen molar-refractivity contribution >= 4 is 58.2 Å². The first-order valence-corrected chi connectivity index (χ1v) is 11.9. The minimum atomic E-state index is -4.66. The first-order chi connectivity index (χ1) is 18.9. The number of anilines is 6. The number of carbonyl (C=O) groups is 2. The molecule has 2 aromatic heterocycles. The molecule has 0 aliphatic carbocycles. The SMILES string of the molecule is CC(=O)Oc1cc(Nc2cc(C)nc(Nc3ccc(NC(=O)Nc4ccc(Cl)c(C(F)(F)F)c4)cc3C)n2)[nH]n1. The number of H-pyrrole nitrogens is 1. The number of halogens is 4. The number of carbonyl (C=O) groups excluding carboxylic acids is 2. The molecule has 2 amide bonds. The lowest BCUT2D eigenvalue weighted by Crippen LogP contribution is -2.20. The Morgan fingerprint density at radius 2 is 1.65 bits per heavy atom. The number of ether oxygens (including phenoxy) is 1. The number of aromatic nitrogens is 4. The third kappa shape index (κ3) is 7.38. The van der Waals surface area contributed by atoms with E-state index in [1.807, 2.05) is 0 Å². The standard InChI is InChI=1S/C25H22ClF3N8O3/c1-12-8-15(31-24(39)32-16-4-6-18(26)17(10-16)25(27,28)29)5-7-19(12)33-23-30-13(2)9-20(35-23)34-21-11-22(37-36-21)40-14(3)38/h4-11H,1-3H3,(H2,31,32,39)(H3,30,33,34,35,36,37). The van der Waals surface area contributed by atoms with Gasteiger partial charge in [-0.2, -0.15) is 18.2 Å². The molecule has 208 valence electrons. The van der Waals surface area contributed by atoms with Gasteiger partial charge in [-0.3, -0.25) is 9.89 Å². The maximum atomic E-state index is 13.1. The number of benzene rings is 2. The number of amides is 2. The minimum absolute atomic E-state index is 0.0667. The van der Waals surface area contributed by atoms with Crippen molar-refractivity contribution in [1.29, 1.82) is 0 Å². The molecule has 0 fully saturated rings. The number of aryl methyl sites for hydroxylation is 2. The lowest BCUT2D eigenvalue weighted by molar-refractivity contribution is -0.137. The lowest BCUT2D eigenvalue weighted by Gasteiger charge is -2.14. The van der Waals surface area contributed by atoms with Gasteiger partial charge in [0, 0.05) is 41.8 Å². The van der Waals surface area contributed by atoms with Gasteiger partial charge in [-0.25, -0.2) is 9.78 Å². The van der Waals surface area contributed by atoms with Crippen molar-refractivity contribution in [2.75, 3.05) is 21.3 Å². The Balaban J connectivity index is 1.41. The zero-order valence-corrected chi connectivity index (χ0v) is 22.0. The van der Waals surface area contributed by atoms with Crippen LogP contribution in [0.1, 0.15) is 23.7 Å². The quantitative estimate of drug-likeness (QED) is 0.156. The monoisotopic (exact) mass is 574 g/mol. The van der Waals surface area contributed by atoms with Crippen LogP contribution in [-0.2, 0) is 11.0 Å². The number of nitrogens with one attached hydrogen (secondary N) is 5. The van der Waals surface area contributed by atoms with Gasteiger partial charge < -0.3 is 26.0 Å². The Hall–Kier alpha value is -4.85. The van der Waals surface area contributed by atoms with E-state index in [0.717, 1.165) is 17.7 Å². The molecule has 0 atom stereocenters. The van der Waals surface area contributed by atoms with E-state index in [-0.39, 0.29) is 17.5 Å². The molecule has 5 N–H and O–H groups in total. The third-order valence-corrected chi connectivity index (χ3v) is 5.51. The Morgan fingerprint density at radius 1 is 0.950 bits per heavy atom. The first kappa shape index (κ1) is 28.2. The number of alkyl halides is 3. The summed E-state index contributed by atoms with van der Waals surface area (Å²) in [6.45, 7) is 4.84. The predicted molar refractivity (Wildman–Crippen MR) is 144 cm³/mol. The van der Waals surface area contributed by atoms with Gasteiger partial charge in [0.25, 0.3) is 0 Å². The minimum Gasteiger partial charge on any atom is -0.406 e. The third-order valence-electron chi connectivity index (χ3n) is 5.18. The summed E-state index contributed by atoms with van der Waals surface area (Å²) in [4.78, 5) is 32.3. The fourth-order valence-electron chi connectivity index (χ4n) is 3.51. The Labute approximate surface area is 230 Å². The van der Waals surface area contributed by atoms with Gasteiger partial charge in [0.1, 0.15) is 11.6 Å². The molecule has 0 unspecified atom stereocenters. The zero-order chi connectivity index (χ0) is 29.0. The summed E-state index contributed by atoms with van der Waals surface area (Å²) in [6.07, 6.45) is -4.66. The molecular formula is C25H22ClF3N8O3. The molecule has 0 aliphatic heterocycles. The smallest absolute Gasteiger partial charge is 0.406 e. The maximum absolute atomic E-state index is 13.1. The first-order valence-electron chi connectivity index (χ1n) is 11.5. The summed E-state index contributed by atoms with van der Waals surface area (Å²) in [5, 5.41) is 17.2. The molecule has 4 rings (SSSR count). The van der Waals surface area contributed by atoms with Gasteiger partial charge in [0.2, 0.25) is 11.8 Å². The average molecular weight is 575 g/mol. The molecule has 2 heterocycles. The van der Waals surface area contributed by atoms with Gasteiger partial charge >= 0.3 is 18.2 Å². The van der Waals surface area contributed by atoms with E-state index in [0.29, 0.717) is 28.7 Å². The number of nitrogens with zero attached hydrogens (tertiary/aromatic N) is 3. The molecule has 40 heavy (non-hydrogen) atoms. The fourth-order valence-corrected chi connectivity index (χ4v) is 3.73. The summed E-state index contributed by atoms with van der Waals surface area (Å²) >= 11 is 5.62. The fraction of sp³-hybridized carbons (Fsp3) is 0.160. The summed E-state index contributed by atoms with van der Waals surface area (Å²) in [7, 11) is 0. The second kappa shape index (κ2) is 11.5. The van der Waals surface area contributed by atoms with E-state index in [4.69, 9.17) is 16.3 Å². The Morgan fingerprint density at radius 3 is 2.33 bits per heavy atom. The van der Waals surface area contributed by atoms with Gasteiger partial charge in [0.05, 0.1) is 10.6 Å². The van der Waals surface area contributed by atoms with Crippen molar-refractivity contribution in [2.24, 2.45) is 0 Å². The van der Waals surface area contributed by atoms with E-state index in [9.17, 15) is 22.8 Å². The highest BCUT2D eigenvalue weighted by molar-refractivity contribution is 6.31. The second-order valence-corrected chi connectivity index (χ2v) is 8.89. The molecule has 0 aliphatic rings. The van der Waals surface area contributed by atoms with E-state index in [2.05, 4.69) is 41.4 Å². The molecule has 0 spiro atoms. The van der Waals surface area contributed by atoms with Crippen molar-refractivity contribution in [1.82, 2.24) is 20.2 Å². The van der Waals surface area contributed by atoms with Crippen molar-refractivity contribution in [3.05, 3.63) is 70.4 Å². The summed E-state index contributed by atoms with van der Waals surface area (Å²) in [5.41, 5.74) is 1.31. The maximum Gasteiger partial charge on any atom is 0.417 e. The summed E-state index contributed by atoms with van der Waals surface area (Å²) in [5.74, 6) is 0.777. The van der Waals surface area contributed by atoms with Crippen molar-refractivity contribution in [3.63, 3.8) is 0 Å². The number of hydrogen-bond acceptors (Lipinski definition) is 8. The zero-order valence-electron chi connectivity index (χ0n) is 21.2. The van der Waals surface area contributed by atoms with Crippen LogP contribution in [0.15, 0.2) is 48.5 Å². The van der Waals surface area contributed by atoms with Crippen LogP contribution in [-0.4, -0.2) is 32.2 Å². The van der Waals surface area contributed by atoms with Gasteiger partial charge in [0.15, 0.2) is 0 Å². The topological polar surface area (TPSA) is 146 Å². The lowest BCUT2D eigenvalue weighted by atomic mass is 10.1. The highest BCUT2D eigenvalue weighted by Gasteiger charge is 2.33. The molecule has 0 saturated carbocycles. The van der Waals surface area contributed by atoms with Crippen LogP contribution in [0.5, 0.6) is 5.88 Å². The molecule has 2 aromatic carbocycles. The molecule has 15 heteroatoms. The van der Waals surface area contributed by atoms with Gasteiger partial charge in [-0.05, 0) is 55.8 Å². The van der Waals surface area contributed by atoms with Crippen molar-refractivity contribution in [3.8, 4) is 5.88 Å². The average Bonchev–Trinajstić information content (AvgIpc) is 3.26. The van der Waals surface area contributed by atoms with Gasteiger partial charge in [-0.15, -0.1) is 5.10 Å². The second-order valence-electron chi connectivity index (χ2n) is 8.48. The number of rotatable bonds is 7. The van der Waals surface area contributed by atoms with Crippen LogP contribution in [0.25, 0.3) is 0 Å². The van der Waals surface area contributed by atoms with Gasteiger partial charge in [-0.1, -0.05) is 11.6 Å². The van der Waals surface area contributed by atoms with Crippen LogP contribution < -0.4 is 26.0 Å². The number of esters is 1. The number of urea groups is 1. The number of hydrogen-bond donors (Lipinski definition) is 5. The Kier molecular flexibility index (Phi) is 8.09. The number of aromatic amines is 1. The van der Waals surface area contributed by atoms with E-state index < -0.39 is 28.8 Å². The van der Waals surface area contributed by atoms with Crippen LogP contribution in [0.4, 0.5) is 52.6 Å². The summed E-state index contributed by atoms with van der Waals surface area (Å²) in [6, 6.07) is 10.5. The molecule has 0 bridgehead atoms. The van der Waals surface area contributed by atoms with Crippen molar-refractivity contribution < 1.29 is 27.5 Å². The highest BCUT2D eigenvalue weighted by atomic mass is 35.5. The molecule has 4 aromatic rings. The van der Waals surface area contributed by atoms with Crippen molar-refractivity contribution in [2.45, 2.75) is 26.9 Å². The van der Waals surface area contributed by atoms with Crippen LogP contribution in [0.2, 0.25) is 5.02 Å². The van der Waals surface area contributed by atoms with E-state index >= 15 is 0 Å². The predicted octanol–water partition coefficient (Wildman–Crippen LogP) is 6.55. The van der Waals surface area contributed by atoms with E-state index in [1.165, 1.54) is 19.1 Å². The largest absolute Gasteiger partial charge is 0.417 e. The summed E-state index contributed by atoms with van der Waals surface area (Å²) < 4.78 is 44.2. The van der Waals surface area contributed by atoms with Crippen LogP contribution in [0, 0.1) is 13.8 Å². The highest BCUT2D eigenvalue weighted by Crippen LogP contribution is 2.36. The molecular weight excluding hydrogens is 553 g/mol. The van der Waals surface area contributed by atoms with Crippen LogP contribution in [0.3, 0.4) is 0 Å². The van der Waals surface area contributed by atoms with E-state index in [1.54, 1.807) is 38.1 Å². The van der Waals surface area contributed by atoms with Crippen LogP contribution >= 0.6 is 11.6 Å². The Bertz CT molecular complexity index is 1580.